The van der Waals surface area contributed by atoms with Crippen LogP contribution in [0, 0.1) is 0 Å². The number of aliphatic hydroxyl groups is 1. The molecule has 1 fully saturated rings. The minimum Gasteiger partial charge on any atom is -0.380 e. The zero-order chi connectivity index (χ0) is 15.7. The highest BCUT2D eigenvalue weighted by Gasteiger charge is 2.54. The molecule has 2 N–H and O–H groups in total. The van der Waals surface area contributed by atoms with Crippen molar-refractivity contribution in [1.82, 2.24) is 9.88 Å². The molecule has 1 aromatic heterocycles. The fourth-order valence-electron chi connectivity index (χ4n) is 2.05. The van der Waals surface area contributed by atoms with Crippen LogP contribution in [0.5, 0.6) is 0 Å². The van der Waals surface area contributed by atoms with Crippen LogP contribution in [0.2, 0.25) is 5.15 Å². The van der Waals surface area contributed by atoms with Crippen molar-refractivity contribution in [2.45, 2.75) is 24.6 Å². The van der Waals surface area contributed by atoms with Gasteiger partial charge in [-0.3, -0.25) is 0 Å². The summed E-state index contributed by atoms with van der Waals surface area (Å²) in [5.41, 5.74) is -2.32. The molecule has 1 aliphatic rings. The lowest BCUT2D eigenvalue weighted by Gasteiger charge is -2.38. The predicted molar refractivity (Wildman–Crippen MR) is 70.1 cm³/mol. The maximum atomic E-state index is 12.7. The Morgan fingerprint density at radius 3 is 2.57 bits per heavy atom. The third-order valence-electron chi connectivity index (χ3n) is 3.38. The molecule has 116 valence electrons. The topological polar surface area (TPSA) is 65.5 Å². The summed E-state index contributed by atoms with van der Waals surface area (Å²) in [5.74, 6) is 0. The molecule has 0 aromatic carbocycles. The molecule has 0 spiro atoms. The van der Waals surface area contributed by atoms with Gasteiger partial charge < -0.3 is 15.3 Å². The van der Waals surface area contributed by atoms with E-state index in [0.717, 1.165) is 0 Å². The third kappa shape index (κ3) is 3.56. The smallest absolute Gasteiger partial charge is 0.380 e. The van der Waals surface area contributed by atoms with E-state index in [-0.39, 0.29) is 18.2 Å². The number of pyridine rings is 1. The molecule has 2 rings (SSSR count). The number of carbonyl (C=O) groups is 1. The number of nitrogens with zero attached hydrogens (tertiary/aromatic N) is 2. The quantitative estimate of drug-likeness (QED) is 0.781. The molecular weight excluding hydrogens is 311 g/mol. The lowest BCUT2D eigenvalue weighted by molar-refractivity contribution is -0.271. The lowest BCUT2D eigenvalue weighted by Crippen LogP contribution is -2.55. The predicted octanol–water partition coefficient (Wildman–Crippen LogP) is 2.66. The fraction of sp³-hybridized carbons (Fsp3) is 0.500. The van der Waals surface area contributed by atoms with E-state index in [9.17, 15) is 23.1 Å². The largest absolute Gasteiger partial charge is 0.417 e. The first kappa shape index (κ1) is 15.8. The van der Waals surface area contributed by atoms with Gasteiger partial charge >= 0.3 is 12.2 Å². The second kappa shape index (κ2) is 5.69. The summed E-state index contributed by atoms with van der Waals surface area (Å²) in [4.78, 5) is 16.9. The molecule has 21 heavy (non-hydrogen) atoms. The molecule has 0 atom stereocenters. The number of nitrogens with one attached hydrogen (secondary N) is 1. The minimum absolute atomic E-state index is 0.180. The Hall–Kier alpha value is -1.54. The first-order valence-electron chi connectivity index (χ1n) is 6.18. The molecule has 0 saturated carbocycles. The average Bonchev–Trinajstić information content (AvgIpc) is 2.38. The third-order valence-corrected chi connectivity index (χ3v) is 3.59. The van der Waals surface area contributed by atoms with Crippen LogP contribution in [-0.2, 0) is 0 Å². The second-order valence-electron chi connectivity index (χ2n) is 4.81. The summed E-state index contributed by atoms with van der Waals surface area (Å²) in [6, 6.07) is 2.40. The van der Waals surface area contributed by atoms with Gasteiger partial charge in [0.1, 0.15) is 5.15 Å². The van der Waals surface area contributed by atoms with E-state index in [4.69, 9.17) is 11.6 Å². The molecule has 1 aromatic rings. The van der Waals surface area contributed by atoms with E-state index in [1.54, 1.807) is 0 Å². The maximum Gasteiger partial charge on any atom is 0.417 e. The van der Waals surface area contributed by atoms with E-state index in [0.29, 0.717) is 5.69 Å². The van der Waals surface area contributed by atoms with Crippen LogP contribution in [0.25, 0.3) is 0 Å². The number of amides is 2. The summed E-state index contributed by atoms with van der Waals surface area (Å²) >= 11 is 5.67. The van der Waals surface area contributed by atoms with E-state index < -0.39 is 30.7 Å². The van der Waals surface area contributed by atoms with Gasteiger partial charge in [-0.25, -0.2) is 9.78 Å². The molecule has 1 aliphatic heterocycles. The van der Waals surface area contributed by atoms with Crippen molar-refractivity contribution in [2.75, 3.05) is 18.4 Å². The molecule has 0 bridgehead atoms. The van der Waals surface area contributed by atoms with E-state index in [2.05, 4.69) is 10.3 Å². The standard InChI is InChI=1S/C12H13ClF3N3O2/c13-9-7-8(1-4-17-9)18-10(20)19-5-2-11(21,3-6-19)12(14,15)16/h1,4,7,21H,2-3,5-6H2,(H,17,18,20). The van der Waals surface area contributed by atoms with Gasteiger partial charge in [0.25, 0.3) is 0 Å². The molecular formula is C12H13ClF3N3O2. The van der Waals surface area contributed by atoms with Crippen LogP contribution >= 0.6 is 11.6 Å². The van der Waals surface area contributed by atoms with Crippen molar-refractivity contribution in [1.29, 1.82) is 0 Å². The highest BCUT2D eigenvalue weighted by Crippen LogP contribution is 2.38. The Balaban J connectivity index is 1.95. The van der Waals surface area contributed by atoms with Crippen LogP contribution in [0.3, 0.4) is 0 Å². The van der Waals surface area contributed by atoms with Gasteiger partial charge in [-0.15, -0.1) is 0 Å². The van der Waals surface area contributed by atoms with Crippen molar-refractivity contribution in [3.8, 4) is 0 Å². The number of alkyl halides is 3. The Labute approximate surface area is 123 Å². The molecule has 9 heteroatoms. The Bertz CT molecular complexity index is 531. The Morgan fingerprint density at radius 2 is 2.05 bits per heavy atom. The van der Waals surface area contributed by atoms with Crippen molar-refractivity contribution in [3.05, 3.63) is 23.5 Å². The Morgan fingerprint density at radius 1 is 1.43 bits per heavy atom. The number of aromatic nitrogens is 1. The van der Waals surface area contributed by atoms with Gasteiger partial charge in [-0.1, -0.05) is 11.6 Å². The highest BCUT2D eigenvalue weighted by atomic mass is 35.5. The number of urea groups is 1. The van der Waals surface area contributed by atoms with Crippen molar-refractivity contribution in [2.24, 2.45) is 0 Å². The zero-order valence-corrected chi connectivity index (χ0v) is 11.6. The van der Waals surface area contributed by atoms with Gasteiger partial charge in [-0.05, 0) is 12.1 Å². The number of hydrogen-bond donors (Lipinski definition) is 2. The van der Waals surface area contributed by atoms with Gasteiger partial charge in [0.15, 0.2) is 5.60 Å². The van der Waals surface area contributed by atoms with Crippen LogP contribution < -0.4 is 5.32 Å². The minimum atomic E-state index is -4.69. The Kier molecular flexibility index (Phi) is 4.29. The van der Waals surface area contributed by atoms with E-state index in [1.165, 1.54) is 23.2 Å². The molecule has 2 heterocycles. The van der Waals surface area contributed by atoms with Crippen LogP contribution in [-0.4, -0.2) is 45.9 Å². The molecule has 0 radical (unpaired) electrons. The number of carbonyl (C=O) groups excluding carboxylic acids is 1. The van der Waals surface area contributed by atoms with Crippen LogP contribution in [0.4, 0.5) is 23.7 Å². The molecule has 5 nitrogen and oxygen atoms in total. The average molecular weight is 324 g/mol. The number of likely N-dealkylation sites (tertiary alicyclic amines) is 1. The van der Waals surface area contributed by atoms with E-state index in [1.807, 2.05) is 0 Å². The van der Waals surface area contributed by atoms with Crippen LogP contribution in [0.15, 0.2) is 18.3 Å². The van der Waals surface area contributed by atoms with Crippen molar-refractivity contribution < 1.29 is 23.1 Å². The number of halogens is 4. The number of anilines is 1. The summed E-state index contributed by atoms with van der Waals surface area (Å²) in [7, 11) is 0. The SMILES string of the molecule is O=C(Nc1ccnc(Cl)c1)N1CCC(O)(C(F)(F)F)CC1. The van der Waals surface area contributed by atoms with Gasteiger partial charge in [0, 0.05) is 37.8 Å². The van der Waals surface area contributed by atoms with Crippen molar-refractivity contribution >= 4 is 23.3 Å². The first-order valence-corrected chi connectivity index (χ1v) is 6.56. The summed E-state index contributed by atoms with van der Waals surface area (Å²) < 4.78 is 38.0. The molecule has 2 amide bonds. The molecule has 1 saturated heterocycles. The lowest BCUT2D eigenvalue weighted by atomic mass is 9.91. The number of piperidine rings is 1. The van der Waals surface area contributed by atoms with Crippen molar-refractivity contribution in [3.63, 3.8) is 0 Å². The zero-order valence-electron chi connectivity index (χ0n) is 10.8. The van der Waals surface area contributed by atoms with Gasteiger partial charge in [-0.2, -0.15) is 13.2 Å². The van der Waals surface area contributed by atoms with Gasteiger partial charge in [0.05, 0.1) is 0 Å². The second-order valence-corrected chi connectivity index (χ2v) is 5.20. The first-order chi connectivity index (χ1) is 9.71. The summed E-state index contributed by atoms with van der Waals surface area (Å²) in [6.07, 6.45) is -4.37. The number of rotatable bonds is 1. The normalized spacial score (nSPS) is 18.4. The molecule has 0 aliphatic carbocycles. The maximum absolute atomic E-state index is 12.7. The van der Waals surface area contributed by atoms with E-state index >= 15 is 0 Å². The fourth-order valence-corrected chi connectivity index (χ4v) is 2.22. The summed E-state index contributed by atoms with van der Waals surface area (Å²) in [6.45, 7) is -0.360. The highest BCUT2D eigenvalue weighted by molar-refractivity contribution is 6.29. The molecule has 0 unspecified atom stereocenters. The number of hydrogen-bond acceptors (Lipinski definition) is 3. The van der Waals surface area contributed by atoms with Crippen LogP contribution in [0.1, 0.15) is 12.8 Å². The monoisotopic (exact) mass is 323 g/mol. The van der Waals surface area contributed by atoms with Gasteiger partial charge in [0.2, 0.25) is 0 Å². The summed E-state index contributed by atoms with van der Waals surface area (Å²) in [5, 5.41) is 12.2.